The number of thiophene rings is 1. The van der Waals surface area contributed by atoms with Crippen LogP contribution in [0.3, 0.4) is 0 Å². The first-order chi connectivity index (χ1) is 15.9. The summed E-state index contributed by atoms with van der Waals surface area (Å²) in [5.74, 6) is -1.88. The molecule has 4 amide bonds. The van der Waals surface area contributed by atoms with Crippen LogP contribution in [0.4, 0.5) is 26.2 Å². The van der Waals surface area contributed by atoms with Gasteiger partial charge in [-0.05, 0) is 79.9 Å². The van der Waals surface area contributed by atoms with Gasteiger partial charge in [0.05, 0.1) is 16.3 Å². The second-order valence-corrected chi connectivity index (χ2v) is 9.70. The molecule has 170 valence electrons. The van der Waals surface area contributed by atoms with E-state index >= 15 is 0 Å². The van der Waals surface area contributed by atoms with E-state index in [9.17, 15) is 18.8 Å². The molecular weight excluding hydrogens is 463 g/mol. The highest BCUT2D eigenvalue weighted by atomic mass is 32.2. The monoisotopic (exact) mass is 484 g/mol. The lowest BCUT2D eigenvalue weighted by atomic mass is 9.97. The maximum Gasteiger partial charge on any atom is 0.329 e. The Bertz CT molecular complexity index is 1240. The lowest BCUT2D eigenvalue weighted by molar-refractivity contribution is -0.117. The summed E-state index contributed by atoms with van der Waals surface area (Å²) in [5, 5.41) is 5.69. The molecule has 0 spiro atoms. The van der Waals surface area contributed by atoms with E-state index in [1.807, 2.05) is 26.0 Å². The third kappa shape index (κ3) is 5.01. The van der Waals surface area contributed by atoms with Crippen molar-refractivity contribution >= 4 is 58.2 Å². The number of nitrogens with zero attached hydrogens (tertiary/aromatic N) is 1. The molecule has 0 unspecified atom stereocenters. The molecule has 2 heterocycles. The highest BCUT2D eigenvalue weighted by Crippen LogP contribution is 2.30. The smallest absolute Gasteiger partial charge is 0.329 e. The molecule has 10 heteroatoms. The Hall–Kier alpha value is -3.37. The van der Waals surface area contributed by atoms with Crippen LogP contribution in [0, 0.1) is 12.7 Å². The summed E-state index contributed by atoms with van der Waals surface area (Å²) < 4.78 is 18.4. The van der Waals surface area contributed by atoms with Gasteiger partial charge in [0.15, 0.2) is 0 Å². The number of nitrogens with one attached hydrogen (secondary N) is 3. The van der Waals surface area contributed by atoms with Crippen molar-refractivity contribution in [3.63, 3.8) is 0 Å². The Labute approximate surface area is 198 Å². The van der Waals surface area contributed by atoms with Gasteiger partial charge >= 0.3 is 6.03 Å². The van der Waals surface area contributed by atoms with E-state index in [2.05, 4.69) is 15.4 Å². The Morgan fingerprint density at radius 1 is 1.12 bits per heavy atom. The highest BCUT2D eigenvalue weighted by Gasteiger charge is 2.33. The molecule has 33 heavy (non-hydrogen) atoms. The van der Waals surface area contributed by atoms with Crippen molar-refractivity contribution in [1.82, 2.24) is 4.72 Å². The topological polar surface area (TPSA) is 90.5 Å². The summed E-state index contributed by atoms with van der Waals surface area (Å²) in [7, 11) is 0. The molecule has 0 atom stereocenters. The van der Waals surface area contributed by atoms with Crippen LogP contribution in [0.2, 0.25) is 0 Å². The van der Waals surface area contributed by atoms with E-state index in [1.54, 1.807) is 29.5 Å². The molecule has 1 aliphatic heterocycles. The van der Waals surface area contributed by atoms with Crippen molar-refractivity contribution in [3.05, 3.63) is 70.4 Å². The number of rotatable bonds is 6. The summed E-state index contributed by atoms with van der Waals surface area (Å²) in [5.41, 5.74) is 1.83. The van der Waals surface area contributed by atoms with E-state index in [1.165, 1.54) is 12.1 Å². The standard InChI is InChI=1S/C23H21FN4O3S2/c1-3-25-15-5-7-17-14(10-15)11-20(29)28(22(17)30)19-8-6-16(12-18(19)24)26-23(31)27-33-21-9-4-13(2)32-21/h4-10,12,25H,3,11H2,1-2H3,(H2,26,27,31). The summed E-state index contributed by atoms with van der Waals surface area (Å²) in [4.78, 5) is 39.8. The van der Waals surface area contributed by atoms with Gasteiger partial charge in [0.2, 0.25) is 5.91 Å². The number of carbonyl (C=O) groups is 3. The minimum atomic E-state index is -0.788. The maximum atomic E-state index is 14.9. The number of anilines is 3. The minimum absolute atomic E-state index is 0.0123. The number of hydrogen-bond donors (Lipinski definition) is 3. The predicted octanol–water partition coefficient (Wildman–Crippen LogP) is 5.19. The molecule has 0 radical (unpaired) electrons. The van der Waals surface area contributed by atoms with Gasteiger partial charge in [-0.3, -0.25) is 14.3 Å². The zero-order valence-corrected chi connectivity index (χ0v) is 19.5. The second-order valence-electron chi connectivity index (χ2n) is 7.30. The first kappa shape index (κ1) is 22.8. The number of carbonyl (C=O) groups excluding carboxylic acids is 3. The van der Waals surface area contributed by atoms with Crippen molar-refractivity contribution in [1.29, 1.82) is 0 Å². The number of halogens is 1. The van der Waals surface area contributed by atoms with E-state index in [4.69, 9.17) is 0 Å². The van der Waals surface area contributed by atoms with Crippen molar-refractivity contribution in [2.75, 3.05) is 22.1 Å². The lowest BCUT2D eigenvalue weighted by Gasteiger charge is -2.27. The number of benzene rings is 2. The van der Waals surface area contributed by atoms with E-state index in [0.717, 1.165) is 37.7 Å². The third-order valence-electron chi connectivity index (χ3n) is 4.92. The van der Waals surface area contributed by atoms with Crippen LogP contribution >= 0.6 is 23.3 Å². The fourth-order valence-electron chi connectivity index (χ4n) is 3.47. The van der Waals surface area contributed by atoms with Crippen molar-refractivity contribution in [2.24, 2.45) is 0 Å². The van der Waals surface area contributed by atoms with Crippen molar-refractivity contribution < 1.29 is 18.8 Å². The van der Waals surface area contributed by atoms with Crippen LogP contribution < -0.4 is 20.3 Å². The summed E-state index contributed by atoms with van der Waals surface area (Å²) in [6, 6.07) is 12.3. The van der Waals surface area contributed by atoms with Crippen LogP contribution in [0.15, 0.2) is 52.7 Å². The number of hydrogen-bond acceptors (Lipinski definition) is 6. The van der Waals surface area contributed by atoms with E-state index < -0.39 is 23.7 Å². The molecule has 2 aromatic carbocycles. The highest BCUT2D eigenvalue weighted by molar-refractivity contribution is 7.99. The van der Waals surface area contributed by atoms with Gasteiger partial charge in [-0.25, -0.2) is 14.1 Å². The predicted molar refractivity (Wildman–Crippen MR) is 130 cm³/mol. The lowest BCUT2D eigenvalue weighted by Crippen LogP contribution is -2.43. The molecule has 1 aromatic heterocycles. The largest absolute Gasteiger partial charge is 0.385 e. The summed E-state index contributed by atoms with van der Waals surface area (Å²) in [6.45, 7) is 4.63. The number of imide groups is 1. The summed E-state index contributed by atoms with van der Waals surface area (Å²) in [6.07, 6.45) is -0.0123. The SMILES string of the molecule is CCNc1ccc2c(c1)CC(=O)N(c1ccc(NC(=O)NSc3ccc(C)s3)cc1F)C2=O. The fraction of sp³-hybridized carbons (Fsp3) is 0.174. The quantitative estimate of drug-likeness (QED) is 0.331. The van der Waals surface area contributed by atoms with Crippen LogP contribution in [0.25, 0.3) is 0 Å². The number of fused-ring (bicyclic) bond motifs is 1. The Balaban J connectivity index is 1.47. The van der Waals surface area contributed by atoms with Crippen LogP contribution in [-0.4, -0.2) is 24.4 Å². The van der Waals surface area contributed by atoms with Gasteiger partial charge in [-0.2, -0.15) is 0 Å². The molecule has 0 aliphatic carbocycles. The fourth-order valence-corrected chi connectivity index (χ4v) is 5.12. The van der Waals surface area contributed by atoms with E-state index in [0.29, 0.717) is 17.7 Å². The average Bonchev–Trinajstić information content (AvgIpc) is 3.19. The molecule has 0 saturated heterocycles. The first-order valence-electron chi connectivity index (χ1n) is 10.2. The normalized spacial score (nSPS) is 13.0. The first-order valence-corrected chi connectivity index (χ1v) is 11.8. The van der Waals surface area contributed by atoms with E-state index in [-0.39, 0.29) is 17.8 Å². The van der Waals surface area contributed by atoms with Crippen LogP contribution in [0.5, 0.6) is 0 Å². The molecule has 3 N–H and O–H groups in total. The Morgan fingerprint density at radius 3 is 2.61 bits per heavy atom. The van der Waals surface area contributed by atoms with Gasteiger partial charge in [0, 0.05) is 28.4 Å². The summed E-state index contributed by atoms with van der Waals surface area (Å²) >= 11 is 2.70. The minimum Gasteiger partial charge on any atom is -0.385 e. The van der Waals surface area contributed by atoms with Gasteiger partial charge in [0.25, 0.3) is 5.91 Å². The van der Waals surface area contributed by atoms with Crippen molar-refractivity contribution in [3.8, 4) is 0 Å². The zero-order valence-electron chi connectivity index (χ0n) is 17.9. The number of urea groups is 1. The third-order valence-corrected chi connectivity index (χ3v) is 6.84. The second kappa shape index (κ2) is 9.63. The maximum absolute atomic E-state index is 14.9. The zero-order chi connectivity index (χ0) is 23.5. The number of amides is 4. The number of aryl methyl sites for hydroxylation is 1. The molecule has 1 aliphatic rings. The van der Waals surface area contributed by atoms with Gasteiger partial charge < -0.3 is 10.6 Å². The van der Waals surface area contributed by atoms with Gasteiger partial charge in [-0.1, -0.05) is 0 Å². The van der Waals surface area contributed by atoms with Crippen LogP contribution in [0.1, 0.15) is 27.7 Å². The van der Waals surface area contributed by atoms with Crippen molar-refractivity contribution in [2.45, 2.75) is 24.5 Å². The Kier molecular flexibility index (Phi) is 6.66. The molecule has 4 rings (SSSR count). The van der Waals surface area contributed by atoms with Gasteiger partial charge in [-0.15, -0.1) is 11.3 Å². The molecule has 3 aromatic rings. The average molecular weight is 485 g/mol. The molecule has 0 fully saturated rings. The van der Waals surface area contributed by atoms with Gasteiger partial charge in [0.1, 0.15) is 5.82 Å². The molecule has 7 nitrogen and oxygen atoms in total. The molecular formula is C23H21FN4O3S2. The molecule has 0 saturated carbocycles. The van der Waals surface area contributed by atoms with Crippen LogP contribution in [-0.2, 0) is 11.2 Å². The Morgan fingerprint density at radius 2 is 1.91 bits per heavy atom. The molecule has 0 bridgehead atoms.